The summed E-state index contributed by atoms with van der Waals surface area (Å²) in [6.45, 7) is 3.86. The number of rotatable bonds is 8. The zero-order valence-corrected chi connectivity index (χ0v) is 11.1. The SMILES string of the molecule is CCC(CC)C(O)C(=O)CCCS(C)(=O)=O. The fourth-order valence-corrected chi connectivity index (χ4v) is 2.32. The number of ketones is 1. The summed E-state index contributed by atoms with van der Waals surface area (Å²) >= 11 is 0. The Kier molecular flexibility index (Phi) is 6.83. The third-order valence-corrected chi connectivity index (χ3v) is 3.79. The van der Waals surface area contributed by atoms with Crippen molar-refractivity contribution in [2.45, 2.75) is 45.6 Å². The first-order valence-electron chi connectivity index (χ1n) is 5.70. The molecule has 0 aromatic rings. The molecule has 0 aromatic carbocycles. The van der Waals surface area contributed by atoms with Crippen molar-refractivity contribution in [3.8, 4) is 0 Å². The molecule has 0 saturated carbocycles. The summed E-state index contributed by atoms with van der Waals surface area (Å²) in [6.07, 6.45) is 2.17. The minimum atomic E-state index is -3.01. The summed E-state index contributed by atoms with van der Waals surface area (Å²) in [5.41, 5.74) is 0. The molecular weight excluding hydrogens is 228 g/mol. The van der Waals surface area contributed by atoms with E-state index in [1.54, 1.807) is 0 Å². The van der Waals surface area contributed by atoms with Crippen LogP contribution in [-0.2, 0) is 14.6 Å². The summed E-state index contributed by atoms with van der Waals surface area (Å²) in [5, 5.41) is 9.71. The number of carbonyl (C=O) groups is 1. The number of Topliss-reactive ketones (excluding diaryl/α,β-unsaturated/α-hetero) is 1. The standard InChI is InChI=1S/C11H22O4S/c1-4-9(5-2)11(13)10(12)7-6-8-16(3,14)15/h9,11,13H,4-8H2,1-3H3. The highest BCUT2D eigenvalue weighted by molar-refractivity contribution is 7.90. The van der Waals surface area contributed by atoms with Gasteiger partial charge in [0.25, 0.3) is 0 Å². The van der Waals surface area contributed by atoms with Crippen LogP contribution in [-0.4, -0.2) is 37.4 Å². The molecule has 5 heteroatoms. The summed E-state index contributed by atoms with van der Waals surface area (Å²) in [7, 11) is -3.01. The van der Waals surface area contributed by atoms with Gasteiger partial charge in [0.2, 0.25) is 0 Å². The van der Waals surface area contributed by atoms with Gasteiger partial charge < -0.3 is 5.11 Å². The number of hydrogen-bond donors (Lipinski definition) is 1. The van der Waals surface area contributed by atoms with Crippen molar-refractivity contribution in [2.75, 3.05) is 12.0 Å². The van der Waals surface area contributed by atoms with Gasteiger partial charge in [-0.1, -0.05) is 26.7 Å². The van der Waals surface area contributed by atoms with Crippen LogP contribution in [0.4, 0.5) is 0 Å². The number of aliphatic hydroxyl groups excluding tert-OH is 1. The average molecular weight is 250 g/mol. The molecule has 1 atom stereocenters. The van der Waals surface area contributed by atoms with E-state index in [-0.39, 0.29) is 23.9 Å². The molecule has 0 aromatic heterocycles. The van der Waals surface area contributed by atoms with E-state index in [2.05, 4.69) is 0 Å². The van der Waals surface area contributed by atoms with Crippen LogP contribution in [0.25, 0.3) is 0 Å². The lowest BCUT2D eigenvalue weighted by molar-refractivity contribution is -0.130. The first kappa shape index (κ1) is 15.6. The van der Waals surface area contributed by atoms with Gasteiger partial charge in [-0.25, -0.2) is 8.42 Å². The molecule has 16 heavy (non-hydrogen) atoms. The van der Waals surface area contributed by atoms with E-state index in [0.29, 0.717) is 6.42 Å². The molecule has 0 radical (unpaired) electrons. The fourth-order valence-electron chi connectivity index (χ4n) is 1.65. The van der Waals surface area contributed by atoms with Gasteiger partial charge in [-0.3, -0.25) is 4.79 Å². The minimum Gasteiger partial charge on any atom is -0.385 e. The molecule has 96 valence electrons. The van der Waals surface area contributed by atoms with Gasteiger partial charge in [-0.2, -0.15) is 0 Å². The van der Waals surface area contributed by atoms with Crippen LogP contribution in [0.15, 0.2) is 0 Å². The lowest BCUT2D eigenvalue weighted by atomic mass is 9.92. The summed E-state index contributed by atoms with van der Waals surface area (Å²) < 4.78 is 21.7. The van der Waals surface area contributed by atoms with Crippen molar-refractivity contribution < 1.29 is 18.3 Å². The molecule has 0 aliphatic rings. The van der Waals surface area contributed by atoms with Crippen molar-refractivity contribution in [1.82, 2.24) is 0 Å². The first-order chi connectivity index (χ1) is 7.31. The van der Waals surface area contributed by atoms with Crippen molar-refractivity contribution in [1.29, 1.82) is 0 Å². The molecule has 0 amide bonds. The quantitative estimate of drug-likeness (QED) is 0.702. The fraction of sp³-hybridized carbons (Fsp3) is 0.909. The van der Waals surface area contributed by atoms with Crippen molar-refractivity contribution in [2.24, 2.45) is 5.92 Å². The van der Waals surface area contributed by atoms with Crippen LogP contribution < -0.4 is 0 Å². The van der Waals surface area contributed by atoms with E-state index < -0.39 is 15.9 Å². The largest absolute Gasteiger partial charge is 0.385 e. The Balaban J connectivity index is 4.06. The Morgan fingerprint density at radius 2 is 1.75 bits per heavy atom. The maximum atomic E-state index is 11.5. The van der Waals surface area contributed by atoms with Gasteiger partial charge in [-0.05, 0) is 12.3 Å². The topological polar surface area (TPSA) is 71.4 Å². The Labute approximate surface area is 98.0 Å². The van der Waals surface area contributed by atoms with Crippen LogP contribution in [0.2, 0.25) is 0 Å². The second-order valence-corrected chi connectivity index (χ2v) is 6.48. The van der Waals surface area contributed by atoms with E-state index in [4.69, 9.17) is 0 Å². The molecule has 0 heterocycles. The molecule has 1 N–H and O–H groups in total. The highest BCUT2D eigenvalue weighted by atomic mass is 32.2. The van der Waals surface area contributed by atoms with Gasteiger partial charge in [0, 0.05) is 12.7 Å². The Hall–Kier alpha value is -0.420. The Morgan fingerprint density at radius 1 is 1.25 bits per heavy atom. The molecule has 0 aliphatic heterocycles. The van der Waals surface area contributed by atoms with Gasteiger partial charge >= 0.3 is 0 Å². The maximum absolute atomic E-state index is 11.5. The average Bonchev–Trinajstić information content (AvgIpc) is 2.17. The van der Waals surface area contributed by atoms with E-state index in [1.165, 1.54) is 0 Å². The third-order valence-electron chi connectivity index (χ3n) is 2.76. The number of sulfone groups is 1. The van der Waals surface area contributed by atoms with Crippen molar-refractivity contribution >= 4 is 15.6 Å². The van der Waals surface area contributed by atoms with E-state index in [9.17, 15) is 18.3 Å². The highest BCUT2D eigenvalue weighted by Gasteiger charge is 2.22. The second kappa shape index (κ2) is 7.01. The van der Waals surface area contributed by atoms with Crippen LogP contribution in [0.5, 0.6) is 0 Å². The second-order valence-electron chi connectivity index (χ2n) is 4.22. The normalized spacial score (nSPS) is 14.1. The summed E-state index contributed by atoms with van der Waals surface area (Å²) in [5.74, 6) is -0.239. The minimum absolute atomic E-state index is 0.00831. The molecule has 0 rings (SSSR count). The molecule has 0 fully saturated rings. The third kappa shape index (κ3) is 6.23. The number of aliphatic hydroxyl groups is 1. The first-order valence-corrected chi connectivity index (χ1v) is 7.76. The van der Waals surface area contributed by atoms with Gasteiger partial charge in [0.15, 0.2) is 5.78 Å². The molecular formula is C11H22O4S. The lowest BCUT2D eigenvalue weighted by Gasteiger charge is -2.18. The van der Waals surface area contributed by atoms with Gasteiger partial charge in [0.1, 0.15) is 15.9 Å². The summed E-state index contributed by atoms with van der Waals surface area (Å²) in [6, 6.07) is 0. The summed E-state index contributed by atoms with van der Waals surface area (Å²) in [4.78, 5) is 11.5. The smallest absolute Gasteiger partial charge is 0.161 e. The van der Waals surface area contributed by atoms with Crippen LogP contribution in [0, 0.1) is 5.92 Å². The zero-order chi connectivity index (χ0) is 12.8. The Bertz CT molecular complexity index is 304. The molecule has 0 spiro atoms. The Morgan fingerprint density at radius 3 is 2.12 bits per heavy atom. The van der Waals surface area contributed by atoms with E-state index >= 15 is 0 Å². The number of carbonyl (C=O) groups excluding carboxylic acids is 1. The predicted molar refractivity (Wildman–Crippen MR) is 64.0 cm³/mol. The predicted octanol–water partition coefficient (Wildman–Crippen LogP) is 1.18. The highest BCUT2D eigenvalue weighted by Crippen LogP contribution is 2.15. The van der Waals surface area contributed by atoms with E-state index in [1.807, 2.05) is 13.8 Å². The maximum Gasteiger partial charge on any atom is 0.161 e. The van der Waals surface area contributed by atoms with Crippen LogP contribution in [0.3, 0.4) is 0 Å². The molecule has 0 aliphatic carbocycles. The van der Waals surface area contributed by atoms with Crippen molar-refractivity contribution in [3.63, 3.8) is 0 Å². The molecule has 0 saturated heterocycles. The lowest BCUT2D eigenvalue weighted by Crippen LogP contribution is -2.29. The molecule has 1 unspecified atom stereocenters. The zero-order valence-electron chi connectivity index (χ0n) is 10.3. The van der Waals surface area contributed by atoms with E-state index in [0.717, 1.165) is 19.1 Å². The van der Waals surface area contributed by atoms with Crippen LogP contribution in [0.1, 0.15) is 39.5 Å². The van der Waals surface area contributed by atoms with Gasteiger partial charge in [-0.15, -0.1) is 0 Å². The van der Waals surface area contributed by atoms with Crippen LogP contribution >= 0.6 is 0 Å². The molecule has 0 bridgehead atoms. The molecule has 4 nitrogen and oxygen atoms in total. The number of hydrogen-bond acceptors (Lipinski definition) is 4. The van der Waals surface area contributed by atoms with Gasteiger partial charge in [0.05, 0.1) is 5.75 Å². The monoisotopic (exact) mass is 250 g/mol. The van der Waals surface area contributed by atoms with Crippen molar-refractivity contribution in [3.05, 3.63) is 0 Å².